The van der Waals surface area contributed by atoms with Crippen molar-refractivity contribution < 1.29 is 0 Å². The zero-order chi connectivity index (χ0) is 34.9. The molecule has 53 heavy (non-hydrogen) atoms. The zero-order valence-corrected chi connectivity index (χ0v) is 28.9. The first-order chi connectivity index (χ1) is 26.3. The number of fused-ring (bicyclic) bond motifs is 7. The monoisotopic (exact) mass is 672 g/mol. The Kier molecular flexibility index (Phi) is 6.59. The molecule has 11 aromatic rings. The van der Waals surface area contributed by atoms with Crippen LogP contribution >= 0.6 is 0 Å². The van der Waals surface area contributed by atoms with Crippen LogP contribution < -0.4 is 0 Å². The molecule has 0 bridgehead atoms. The van der Waals surface area contributed by atoms with E-state index in [1.807, 2.05) is 0 Å². The van der Waals surface area contributed by atoms with Crippen LogP contribution in [0, 0.1) is 0 Å². The van der Waals surface area contributed by atoms with Gasteiger partial charge in [0.2, 0.25) is 0 Å². The summed E-state index contributed by atoms with van der Waals surface area (Å²) in [4.78, 5) is 5.07. The second-order valence-electron chi connectivity index (χ2n) is 13.9. The molecule has 0 unspecified atom stereocenters. The largest absolute Gasteiger partial charge is 0.292 e. The van der Waals surface area contributed by atoms with E-state index >= 15 is 0 Å². The van der Waals surface area contributed by atoms with E-state index in [0.29, 0.717) is 0 Å². The average Bonchev–Trinajstić information content (AvgIpc) is 3.62. The Morgan fingerprint density at radius 1 is 0.321 bits per heavy atom. The average molecular weight is 673 g/mol. The van der Waals surface area contributed by atoms with Crippen LogP contribution in [0.1, 0.15) is 0 Å². The van der Waals surface area contributed by atoms with Crippen LogP contribution in [0.3, 0.4) is 0 Å². The topological polar surface area (TPSA) is 17.8 Å². The molecule has 0 N–H and O–H groups in total. The van der Waals surface area contributed by atoms with Crippen LogP contribution in [0.5, 0.6) is 0 Å². The predicted octanol–water partition coefficient (Wildman–Crippen LogP) is 13.8. The van der Waals surface area contributed by atoms with Gasteiger partial charge >= 0.3 is 0 Å². The summed E-state index contributed by atoms with van der Waals surface area (Å²) in [5.41, 5.74) is 9.20. The molecular weight excluding hydrogens is 641 g/mol. The number of rotatable bonds is 4. The molecule has 0 aliphatic rings. The molecule has 10 aromatic carbocycles. The van der Waals surface area contributed by atoms with Gasteiger partial charge in [-0.3, -0.25) is 4.57 Å². The van der Waals surface area contributed by atoms with Crippen LogP contribution in [-0.2, 0) is 0 Å². The SMILES string of the molecule is c1ccc(-c2nc3ccccc3n2-c2ccc(-c3c4ccccc4c(-c4ccc5cc6c(ccc7ccccc76)cc5c4)c4ccccc34)cc2)cc1. The summed E-state index contributed by atoms with van der Waals surface area (Å²) >= 11 is 0. The van der Waals surface area contributed by atoms with Crippen LogP contribution in [-0.4, -0.2) is 9.55 Å². The molecule has 0 atom stereocenters. The van der Waals surface area contributed by atoms with Crippen LogP contribution in [0.2, 0.25) is 0 Å². The lowest BCUT2D eigenvalue weighted by Crippen LogP contribution is -1.98. The van der Waals surface area contributed by atoms with Gasteiger partial charge in [0.05, 0.1) is 11.0 Å². The van der Waals surface area contributed by atoms with Gasteiger partial charge < -0.3 is 0 Å². The minimum absolute atomic E-state index is 0.941. The van der Waals surface area contributed by atoms with Crippen molar-refractivity contribution in [3.63, 3.8) is 0 Å². The zero-order valence-electron chi connectivity index (χ0n) is 28.9. The molecule has 1 heterocycles. The number of hydrogen-bond acceptors (Lipinski definition) is 1. The van der Waals surface area contributed by atoms with Crippen molar-refractivity contribution >= 4 is 64.9 Å². The fourth-order valence-electron chi connectivity index (χ4n) is 8.50. The summed E-state index contributed by atoms with van der Waals surface area (Å²) in [6.07, 6.45) is 0. The molecule has 0 fully saturated rings. The molecule has 2 nitrogen and oxygen atoms in total. The molecule has 2 heteroatoms. The number of imidazole rings is 1. The molecular formula is C51H32N2. The van der Waals surface area contributed by atoms with Gasteiger partial charge in [0.25, 0.3) is 0 Å². The smallest absolute Gasteiger partial charge is 0.145 e. The molecule has 1 aromatic heterocycles. The minimum Gasteiger partial charge on any atom is -0.292 e. The van der Waals surface area contributed by atoms with Gasteiger partial charge in [-0.05, 0) is 119 Å². The van der Waals surface area contributed by atoms with Crippen molar-refractivity contribution in [2.45, 2.75) is 0 Å². The Bertz CT molecular complexity index is 3150. The van der Waals surface area contributed by atoms with E-state index in [0.717, 1.165) is 28.1 Å². The van der Waals surface area contributed by atoms with E-state index in [1.54, 1.807) is 0 Å². The number of para-hydroxylation sites is 2. The van der Waals surface area contributed by atoms with Crippen molar-refractivity contribution in [2.24, 2.45) is 0 Å². The van der Waals surface area contributed by atoms with E-state index in [4.69, 9.17) is 4.98 Å². The van der Waals surface area contributed by atoms with Gasteiger partial charge in [0, 0.05) is 11.3 Å². The first-order valence-electron chi connectivity index (χ1n) is 18.2. The van der Waals surface area contributed by atoms with Crippen molar-refractivity contribution in [2.75, 3.05) is 0 Å². The Morgan fingerprint density at radius 2 is 0.887 bits per heavy atom. The fraction of sp³-hybridized carbons (Fsp3) is 0. The second kappa shape index (κ2) is 11.8. The van der Waals surface area contributed by atoms with E-state index in [-0.39, 0.29) is 0 Å². The maximum Gasteiger partial charge on any atom is 0.145 e. The van der Waals surface area contributed by atoms with Gasteiger partial charge in [-0.2, -0.15) is 0 Å². The Hall–Kier alpha value is -7.03. The molecule has 0 amide bonds. The van der Waals surface area contributed by atoms with Crippen LogP contribution in [0.25, 0.3) is 104 Å². The molecule has 0 spiro atoms. The lowest BCUT2D eigenvalue weighted by Gasteiger charge is -2.18. The molecule has 0 aliphatic heterocycles. The van der Waals surface area contributed by atoms with Crippen LogP contribution in [0.15, 0.2) is 194 Å². The number of nitrogens with zero attached hydrogens (tertiary/aromatic N) is 2. The summed E-state index contributed by atoms with van der Waals surface area (Å²) in [6.45, 7) is 0. The molecule has 0 saturated carbocycles. The standard InChI is InChI=1S/C51H32N2/c1-2-13-35(14-3-1)51-52-47-20-10-11-21-48(47)53(51)40-28-26-34(27-29-40)49-42-16-6-8-18-44(42)50(45-19-9-7-17-43(45)49)38-25-23-36-32-46-37(30-39(36)31-38)24-22-33-12-4-5-15-41(33)46/h1-32H. The van der Waals surface area contributed by atoms with E-state index < -0.39 is 0 Å². The fourth-order valence-corrected chi connectivity index (χ4v) is 8.50. The normalized spacial score (nSPS) is 11.8. The van der Waals surface area contributed by atoms with E-state index in [1.165, 1.54) is 76.1 Å². The number of aromatic nitrogens is 2. The molecule has 0 radical (unpaired) electrons. The highest BCUT2D eigenvalue weighted by molar-refractivity contribution is 6.22. The van der Waals surface area contributed by atoms with E-state index in [9.17, 15) is 0 Å². The van der Waals surface area contributed by atoms with Crippen molar-refractivity contribution in [3.05, 3.63) is 194 Å². The maximum absolute atomic E-state index is 5.07. The van der Waals surface area contributed by atoms with Crippen molar-refractivity contribution in [1.29, 1.82) is 0 Å². The van der Waals surface area contributed by atoms with Crippen LogP contribution in [0.4, 0.5) is 0 Å². The van der Waals surface area contributed by atoms with Gasteiger partial charge in [0.15, 0.2) is 0 Å². The minimum atomic E-state index is 0.941. The predicted molar refractivity (Wildman–Crippen MR) is 225 cm³/mol. The quantitative estimate of drug-likeness (QED) is 0.134. The first kappa shape index (κ1) is 29.7. The highest BCUT2D eigenvalue weighted by Gasteiger charge is 2.18. The number of benzene rings is 10. The second-order valence-corrected chi connectivity index (χ2v) is 13.9. The molecule has 246 valence electrons. The van der Waals surface area contributed by atoms with Gasteiger partial charge in [-0.15, -0.1) is 0 Å². The molecule has 0 aliphatic carbocycles. The summed E-state index contributed by atoms with van der Waals surface area (Å²) in [5, 5.41) is 12.6. The van der Waals surface area contributed by atoms with Gasteiger partial charge in [-0.25, -0.2) is 4.98 Å². The van der Waals surface area contributed by atoms with Crippen molar-refractivity contribution in [3.8, 4) is 39.3 Å². The first-order valence-corrected chi connectivity index (χ1v) is 18.2. The third kappa shape index (κ3) is 4.70. The Morgan fingerprint density at radius 3 is 1.62 bits per heavy atom. The summed E-state index contributed by atoms with van der Waals surface area (Å²) in [6, 6.07) is 70.5. The lowest BCUT2D eigenvalue weighted by molar-refractivity contribution is 1.10. The maximum atomic E-state index is 5.07. The Labute approximate surface area is 306 Å². The molecule has 11 rings (SSSR count). The number of hydrogen-bond donors (Lipinski definition) is 0. The summed E-state index contributed by atoms with van der Waals surface area (Å²) in [7, 11) is 0. The third-order valence-corrected chi connectivity index (χ3v) is 10.9. The summed E-state index contributed by atoms with van der Waals surface area (Å²) in [5.74, 6) is 0.941. The van der Waals surface area contributed by atoms with Crippen molar-refractivity contribution in [1.82, 2.24) is 9.55 Å². The van der Waals surface area contributed by atoms with Gasteiger partial charge in [0.1, 0.15) is 5.82 Å². The Balaban J connectivity index is 1.09. The molecule has 0 saturated heterocycles. The summed E-state index contributed by atoms with van der Waals surface area (Å²) < 4.78 is 2.28. The highest BCUT2D eigenvalue weighted by Crippen LogP contribution is 2.44. The van der Waals surface area contributed by atoms with Gasteiger partial charge in [-0.1, -0.05) is 152 Å². The van der Waals surface area contributed by atoms with E-state index in [2.05, 4.69) is 199 Å². The third-order valence-electron chi connectivity index (χ3n) is 10.9. The highest BCUT2D eigenvalue weighted by atomic mass is 15.1. The lowest BCUT2D eigenvalue weighted by atomic mass is 9.85.